The van der Waals surface area contributed by atoms with Gasteiger partial charge < -0.3 is 24.2 Å². The highest BCUT2D eigenvalue weighted by atomic mass is 16.6. The number of aryl methyl sites for hydroxylation is 1. The molecule has 0 atom stereocenters. The summed E-state index contributed by atoms with van der Waals surface area (Å²) in [7, 11) is 1.67. The molecule has 0 aliphatic carbocycles. The Hall–Kier alpha value is -4.01. The molecule has 5 rings (SSSR count). The van der Waals surface area contributed by atoms with Crippen molar-refractivity contribution in [3.05, 3.63) is 71.5 Å². The maximum atomic E-state index is 14.0. The van der Waals surface area contributed by atoms with Crippen molar-refractivity contribution in [3.8, 4) is 11.4 Å². The first kappa shape index (κ1) is 28.5. The molecule has 2 aliphatic heterocycles. The summed E-state index contributed by atoms with van der Waals surface area (Å²) in [6.07, 6.45) is 2.93. The van der Waals surface area contributed by atoms with Gasteiger partial charge in [0, 0.05) is 50.9 Å². The molecule has 218 valence electrons. The molecule has 2 aliphatic rings. The monoisotopic (exact) mass is 559 g/mol. The van der Waals surface area contributed by atoms with Crippen molar-refractivity contribution < 1.29 is 19.1 Å². The molecule has 0 unspecified atom stereocenters. The lowest BCUT2D eigenvalue weighted by molar-refractivity contribution is 0.0203. The summed E-state index contributed by atoms with van der Waals surface area (Å²) in [4.78, 5) is 32.7. The number of hydrogen-bond acceptors (Lipinski definition) is 6. The van der Waals surface area contributed by atoms with Crippen LogP contribution in [0.5, 0.6) is 5.75 Å². The van der Waals surface area contributed by atoms with E-state index in [0.29, 0.717) is 31.7 Å². The summed E-state index contributed by atoms with van der Waals surface area (Å²) < 4.78 is 12.8. The van der Waals surface area contributed by atoms with Gasteiger partial charge in [0.15, 0.2) is 0 Å². The Morgan fingerprint density at radius 3 is 2.17 bits per heavy atom. The predicted octanol–water partition coefficient (Wildman–Crippen LogP) is 5.27. The van der Waals surface area contributed by atoms with Crippen LogP contribution < -0.4 is 9.64 Å². The number of carbonyl (C=O) groups is 2. The number of ether oxygens (including phenoxy) is 2. The molecule has 0 spiro atoms. The van der Waals surface area contributed by atoms with Crippen LogP contribution in [0, 0.1) is 6.92 Å². The van der Waals surface area contributed by atoms with Crippen LogP contribution in [0.3, 0.4) is 0 Å². The minimum absolute atomic E-state index is 0.0165. The van der Waals surface area contributed by atoms with Crippen molar-refractivity contribution in [3.63, 3.8) is 0 Å². The van der Waals surface area contributed by atoms with Gasteiger partial charge >= 0.3 is 6.09 Å². The molecule has 0 bridgehead atoms. The molecule has 41 heavy (non-hydrogen) atoms. The standard InChI is InChI=1S/C32H41N5O4/c1-23-7-6-8-26(21-23)37-29(24-13-15-36(16-14-24)31(39)41-32(2,3)4)28(22-33-37)30(38)35-19-17-34(18-20-35)25-9-11-27(40-5)12-10-25/h6-12,21-22,24H,13-20H2,1-5H3. The predicted molar refractivity (Wildman–Crippen MR) is 159 cm³/mol. The van der Waals surface area contributed by atoms with Gasteiger partial charge in [0.05, 0.1) is 30.3 Å². The number of rotatable bonds is 5. The molecule has 2 aromatic carbocycles. The van der Waals surface area contributed by atoms with Crippen molar-refractivity contribution >= 4 is 17.7 Å². The fraction of sp³-hybridized carbons (Fsp3) is 0.469. The van der Waals surface area contributed by atoms with E-state index in [1.165, 1.54) is 0 Å². The number of aromatic nitrogens is 2. The van der Waals surface area contributed by atoms with E-state index < -0.39 is 5.60 Å². The van der Waals surface area contributed by atoms with E-state index in [2.05, 4.69) is 36.1 Å². The van der Waals surface area contributed by atoms with E-state index >= 15 is 0 Å². The van der Waals surface area contributed by atoms with Crippen LogP contribution in [0.2, 0.25) is 0 Å². The van der Waals surface area contributed by atoms with Crippen LogP contribution in [0.25, 0.3) is 5.69 Å². The second kappa shape index (κ2) is 11.8. The molecule has 9 nitrogen and oxygen atoms in total. The molecule has 3 aromatic rings. The molecule has 0 saturated carbocycles. The third-order valence-corrected chi connectivity index (χ3v) is 7.82. The minimum Gasteiger partial charge on any atom is -0.497 e. The van der Waals surface area contributed by atoms with Crippen LogP contribution in [0.15, 0.2) is 54.7 Å². The quantitative estimate of drug-likeness (QED) is 0.424. The summed E-state index contributed by atoms with van der Waals surface area (Å²) in [6.45, 7) is 11.6. The average molecular weight is 560 g/mol. The Balaban J connectivity index is 1.34. The van der Waals surface area contributed by atoms with Gasteiger partial charge in [-0.15, -0.1) is 0 Å². The highest BCUT2D eigenvalue weighted by Gasteiger charge is 2.34. The molecule has 9 heteroatoms. The normalized spacial score (nSPS) is 16.6. The van der Waals surface area contributed by atoms with E-state index in [-0.39, 0.29) is 17.9 Å². The lowest BCUT2D eigenvalue weighted by Gasteiger charge is -2.37. The van der Waals surface area contributed by atoms with E-state index in [9.17, 15) is 9.59 Å². The largest absolute Gasteiger partial charge is 0.497 e. The summed E-state index contributed by atoms with van der Waals surface area (Å²) in [5, 5.41) is 4.74. The summed E-state index contributed by atoms with van der Waals surface area (Å²) >= 11 is 0. The van der Waals surface area contributed by atoms with Gasteiger partial charge in [-0.2, -0.15) is 5.10 Å². The summed E-state index contributed by atoms with van der Waals surface area (Å²) in [5.74, 6) is 0.941. The maximum absolute atomic E-state index is 14.0. The SMILES string of the molecule is COc1ccc(N2CCN(C(=O)c3cnn(-c4cccc(C)c4)c3C3CCN(C(=O)OC(C)(C)C)CC3)CC2)cc1. The number of methoxy groups -OCH3 is 1. The lowest BCUT2D eigenvalue weighted by Crippen LogP contribution is -2.49. The number of amides is 2. The van der Waals surface area contributed by atoms with Gasteiger partial charge in [-0.3, -0.25) is 4.79 Å². The average Bonchev–Trinajstić information content (AvgIpc) is 3.41. The first-order valence-electron chi connectivity index (χ1n) is 14.4. The van der Waals surface area contributed by atoms with E-state index in [0.717, 1.165) is 54.3 Å². The molecule has 2 saturated heterocycles. The lowest BCUT2D eigenvalue weighted by atomic mass is 9.90. The number of likely N-dealkylation sites (tertiary alicyclic amines) is 1. The smallest absolute Gasteiger partial charge is 0.410 e. The van der Waals surface area contributed by atoms with Crippen molar-refractivity contribution in [1.82, 2.24) is 19.6 Å². The van der Waals surface area contributed by atoms with Crippen molar-refractivity contribution in [2.45, 2.75) is 52.1 Å². The van der Waals surface area contributed by atoms with Crippen LogP contribution in [0.1, 0.15) is 61.1 Å². The first-order valence-corrected chi connectivity index (χ1v) is 14.4. The second-order valence-corrected chi connectivity index (χ2v) is 11.9. The van der Waals surface area contributed by atoms with Gasteiger partial charge in [-0.25, -0.2) is 9.48 Å². The molecule has 1 aromatic heterocycles. The topological polar surface area (TPSA) is 80.1 Å². The summed E-state index contributed by atoms with van der Waals surface area (Å²) in [6, 6.07) is 16.2. The molecule has 0 N–H and O–H groups in total. The molecule has 0 radical (unpaired) electrons. The van der Waals surface area contributed by atoms with Crippen LogP contribution in [-0.2, 0) is 4.74 Å². The number of anilines is 1. The van der Waals surface area contributed by atoms with Crippen molar-refractivity contribution in [1.29, 1.82) is 0 Å². The molecule has 2 fully saturated rings. The third-order valence-electron chi connectivity index (χ3n) is 7.82. The Morgan fingerprint density at radius 1 is 0.878 bits per heavy atom. The number of nitrogens with zero attached hydrogens (tertiary/aromatic N) is 5. The van der Waals surface area contributed by atoms with Crippen molar-refractivity contribution in [2.75, 3.05) is 51.3 Å². The van der Waals surface area contributed by atoms with Crippen molar-refractivity contribution in [2.24, 2.45) is 0 Å². The van der Waals surface area contributed by atoms with Gasteiger partial charge in [-0.1, -0.05) is 12.1 Å². The number of piperazine rings is 1. The van der Waals surface area contributed by atoms with Crippen LogP contribution in [0.4, 0.5) is 10.5 Å². The highest BCUT2D eigenvalue weighted by Crippen LogP contribution is 2.34. The van der Waals surface area contributed by atoms with E-state index in [1.54, 1.807) is 18.2 Å². The van der Waals surface area contributed by atoms with Gasteiger partial charge in [0.1, 0.15) is 11.4 Å². The van der Waals surface area contributed by atoms with E-state index in [1.807, 2.05) is 54.6 Å². The Morgan fingerprint density at radius 2 is 1.56 bits per heavy atom. The Labute approximate surface area is 242 Å². The molecular weight excluding hydrogens is 518 g/mol. The zero-order chi connectivity index (χ0) is 29.1. The number of hydrogen-bond donors (Lipinski definition) is 0. The Kier molecular flexibility index (Phi) is 8.24. The van der Waals surface area contributed by atoms with Gasteiger partial charge in [-0.05, 0) is 82.5 Å². The highest BCUT2D eigenvalue weighted by molar-refractivity contribution is 5.95. The third kappa shape index (κ3) is 6.50. The van der Waals surface area contributed by atoms with Crippen LogP contribution >= 0.6 is 0 Å². The molecule has 2 amide bonds. The molecular formula is C32H41N5O4. The van der Waals surface area contributed by atoms with Crippen LogP contribution in [-0.4, -0.2) is 83.6 Å². The number of carbonyl (C=O) groups excluding carboxylic acids is 2. The molecule has 3 heterocycles. The zero-order valence-electron chi connectivity index (χ0n) is 24.8. The maximum Gasteiger partial charge on any atom is 0.410 e. The Bertz CT molecular complexity index is 1360. The fourth-order valence-electron chi connectivity index (χ4n) is 5.67. The number of benzene rings is 2. The minimum atomic E-state index is -0.533. The van der Waals surface area contributed by atoms with Gasteiger partial charge in [0.2, 0.25) is 0 Å². The van der Waals surface area contributed by atoms with Gasteiger partial charge in [0.25, 0.3) is 5.91 Å². The summed E-state index contributed by atoms with van der Waals surface area (Å²) in [5.41, 5.74) is 4.25. The number of piperidine rings is 1. The first-order chi connectivity index (χ1) is 19.6. The fourth-order valence-corrected chi connectivity index (χ4v) is 5.67. The van der Waals surface area contributed by atoms with E-state index in [4.69, 9.17) is 14.6 Å². The second-order valence-electron chi connectivity index (χ2n) is 11.9. The zero-order valence-corrected chi connectivity index (χ0v) is 24.8.